The predicted molar refractivity (Wildman–Crippen MR) is 73.3 cm³/mol. The summed E-state index contributed by atoms with van der Waals surface area (Å²) in [5, 5.41) is 12.2. The van der Waals surface area contributed by atoms with E-state index < -0.39 is 17.8 Å². The quantitative estimate of drug-likeness (QED) is 0.688. The summed E-state index contributed by atoms with van der Waals surface area (Å²) in [4.78, 5) is 0. The van der Waals surface area contributed by atoms with Crippen molar-refractivity contribution in [3.8, 4) is 0 Å². The molecular formula is C14H20F3NO3. The van der Waals surface area contributed by atoms with Crippen LogP contribution in [0.5, 0.6) is 0 Å². The third kappa shape index (κ3) is 6.79. The minimum atomic E-state index is -4.43. The smallest absolute Gasteiger partial charge is 0.389 e. The Hall–Kier alpha value is -1.31. The maximum absolute atomic E-state index is 12.8. The summed E-state index contributed by atoms with van der Waals surface area (Å²) in [5.74, 6) is 0. The average Bonchev–Trinajstić information content (AvgIpc) is 2.44. The van der Waals surface area contributed by atoms with Gasteiger partial charge in [-0.2, -0.15) is 13.2 Å². The molecule has 0 saturated carbocycles. The third-order valence-corrected chi connectivity index (χ3v) is 2.65. The monoisotopic (exact) mass is 307 g/mol. The second kappa shape index (κ2) is 8.86. The van der Waals surface area contributed by atoms with Crippen LogP contribution in [0.25, 0.3) is 0 Å². The summed E-state index contributed by atoms with van der Waals surface area (Å²) in [6.45, 7) is 3.21. The Bertz CT molecular complexity index is 413. The van der Waals surface area contributed by atoms with E-state index >= 15 is 0 Å². The number of alkyl halides is 3. The topological polar surface area (TPSA) is 50.7 Å². The maximum Gasteiger partial charge on any atom is 0.418 e. The van der Waals surface area contributed by atoms with Gasteiger partial charge >= 0.3 is 6.18 Å². The Labute approximate surface area is 121 Å². The zero-order valence-electron chi connectivity index (χ0n) is 11.8. The lowest BCUT2D eigenvalue weighted by Crippen LogP contribution is -2.26. The Balaban J connectivity index is 2.38. The van der Waals surface area contributed by atoms with Crippen molar-refractivity contribution >= 4 is 5.69 Å². The highest BCUT2D eigenvalue weighted by Gasteiger charge is 2.33. The molecule has 4 nitrogen and oxygen atoms in total. The van der Waals surface area contributed by atoms with Gasteiger partial charge in [-0.05, 0) is 19.1 Å². The molecule has 0 aliphatic rings. The summed E-state index contributed by atoms with van der Waals surface area (Å²) in [6, 6.07) is 5.14. The van der Waals surface area contributed by atoms with Crippen molar-refractivity contribution in [2.45, 2.75) is 19.2 Å². The lowest BCUT2D eigenvalue weighted by atomic mass is 10.1. The zero-order valence-corrected chi connectivity index (χ0v) is 11.8. The molecule has 1 aromatic carbocycles. The molecule has 1 aromatic rings. The molecule has 0 heterocycles. The number of aliphatic hydroxyl groups is 1. The van der Waals surface area contributed by atoms with Gasteiger partial charge in [-0.3, -0.25) is 0 Å². The van der Waals surface area contributed by atoms with Crippen molar-refractivity contribution in [3.63, 3.8) is 0 Å². The molecule has 120 valence electrons. The van der Waals surface area contributed by atoms with Gasteiger partial charge in [0.15, 0.2) is 0 Å². The second-order valence-corrected chi connectivity index (χ2v) is 4.35. The Morgan fingerprint density at radius 1 is 1.19 bits per heavy atom. The number of benzene rings is 1. The molecule has 0 aliphatic carbocycles. The fourth-order valence-corrected chi connectivity index (χ4v) is 1.65. The molecule has 0 aromatic heterocycles. The first-order valence-electron chi connectivity index (χ1n) is 6.68. The number of para-hydroxylation sites is 1. The maximum atomic E-state index is 12.8. The van der Waals surface area contributed by atoms with E-state index in [1.54, 1.807) is 0 Å². The highest BCUT2D eigenvalue weighted by atomic mass is 19.4. The Kier molecular flexibility index (Phi) is 7.49. The van der Waals surface area contributed by atoms with E-state index in [0.717, 1.165) is 6.07 Å². The van der Waals surface area contributed by atoms with E-state index in [9.17, 15) is 18.3 Å². The van der Waals surface area contributed by atoms with E-state index in [2.05, 4.69) is 5.32 Å². The molecule has 7 heteroatoms. The number of hydrogen-bond donors (Lipinski definition) is 2. The summed E-state index contributed by atoms with van der Waals surface area (Å²) >= 11 is 0. The molecule has 0 fully saturated rings. The van der Waals surface area contributed by atoms with Gasteiger partial charge in [0.2, 0.25) is 0 Å². The van der Waals surface area contributed by atoms with Gasteiger partial charge in [-0.1, -0.05) is 12.1 Å². The van der Waals surface area contributed by atoms with Crippen molar-refractivity contribution in [3.05, 3.63) is 29.8 Å². The normalized spacial score (nSPS) is 13.2. The molecule has 21 heavy (non-hydrogen) atoms. The van der Waals surface area contributed by atoms with Crippen LogP contribution in [0.3, 0.4) is 0 Å². The van der Waals surface area contributed by atoms with Crippen LogP contribution in [0.2, 0.25) is 0 Å². The van der Waals surface area contributed by atoms with Crippen molar-refractivity contribution in [1.82, 2.24) is 0 Å². The summed E-state index contributed by atoms with van der Waals surface area (Å²) < 4.78 is 48.5. The molecule has 0 radical (unpaired) electrons. The number of aliphatic hydroxyl groups excluding tert-OH is 1. The van der Waals surface area contributed by atoms with Gasteiger partial charge < -0.3 is 19.9 Å². The largest absolute Gasteiger partial charge is 0.418 e. The van der Waals surface area contributed by atoms with Crippen LogP contribution in [-0.2, 0) is 15.7 Å². The Morgan fingerprint density at radius 3 is 2.52 bits per heavy atom. The zero-order chi connectivity index (χ0) is 15.7. The molecule has 1 rings (SSSR count). The number of rotatable bonds is 9. The van der Waals surface area contributed by atoms with Crippen LogP contribution in [0.4, 0.5) is 18.9 Å². The predicted octanol–water partition coefficient (Wildman–Crippen LogP) is 2.53. The van der Waals surface area contributed by atoms with Crippen LogP contribution < -0.4 is 5.32 Å². The molecule has 0 amide bonds. The van der Waals surface area contributed by atoms with Gasteiger partial charge in [0.25, 0.3) is 0 Å². The first-order chi connectivity index (χ1) is 9.95. The minimum Gasteiger partial charge on any atom is -0.389 e. The molecule has 0 bridgehead atoms. The fourth-order valence-electron chi connectivity index (χ4n) is 1.65. The van der Waals surface area contributed by atoms with Crippen LogP contribution >= 0.6 is 0 Å². The standard InChI is InChI=1S/C14H20F3NO3/c1-2-20-7-8-21-10-11(19)9-18-13-6-4-3-5-12(13)14(15,16)17/h3-6,11,18-19H,2,7-10H2,1H3. The molecule has 1 unspecified atom stereocenters. The number of ether oxygens (including phenoxy) is 2. The highest BCUT2D eigenvalue weighted by Crippen LogP contribution is 2.34. The Morgan fingerprint density at radius 2 is 1.86 bits per heavy atom. The molecule has 1 atom stereocenters. The van der Waals surface area contributed by atoms with Crippen LogP contribution in [-0.4, -0.2) is 44.2 Å². The summed E-state index contributed by atoms with van der Waals surface area (Å²) in [5.41, 5.74) is -0.812. The minimum absolute atomic E-state index is 0.0261. The van der Waals surface area contributed by atoms with Gasteiger partial charge in [-0.15, -0.1) is 0 Å². The summed E-state index contributed by atoms with van der Waals surface area (Å²) in [6.07, 6.45) is -5.32. The SMILES string of the molecule is CCOCCOCC(O)CNc1ccccc1C(F)(F)F. The van der Waals surface area contributed by atoms with Crippen molar-refractivity contribution in [2.75, 3.05) is 38.3 Å². The van der Waals surface area contributed by atoms with Gasteiger partial charge in [-0.25, -0.2) is 0 Å². The van der Waals surface area contributed by atoms with E-state index in [1.807, 2.05) is 6.92 Å². The van der Waals surface area contributed by atoms with Crippen LogP contribution in [0, 0.1) is 0 Å². The van der Waals surface area contributed by atoms with E-state index in [1.165, 1.54) is 18.2 Å². The van der Waals surface area contributed by atoms with Crippen molar-refractivity contribution < 1.29 is 27.8 Å². The van der Waals surface area contributed by atoms with Crippen LogP contribution in [0.15, 0.2) is 24.3 Å². The third-order valence-electron chi connectivity index (χ3n) is 2.65. The summed E-state index contributed by atoms with van der Waals surface area (Å²) in [7, 11) is 0. The number of hydrogen-bond acceptors (Lipinski definition) is 4. The van der Waals surface area contributed by atoms with Crippen molar-refractivity contribution in [2.24, 2.45) is 0 Å². The second-order valence-electron chi connectivity index (χ2n) is 4.35. The molecule has 0 spiro atoms. The van der Waals surface area contributed by atoms with Gasteiger partial charge in [0.1, 0.15) is 0 Å². The van der Waals surface area contributed by atoms with Gasteiger partial charge in [0, 0.05) is 18.8 Å². The van der Waals surface area contributed by atoms with E-state index in [0.29, 0.717) is 19.8 Å². The van der Waals surface area contributed by atoms with Crippen LogP contribution in [0.1, 0.15) is 12.5 Å². The first-order valence-corrected chi connectivity index (χ1v) is 6.68. The van der Waals surface area contributed by atoms with E-state index in [4.69, 9.17) is 9.47 Å². The highest BCUT2D eigenvalue weighted by molar-refractivity contribution is 5.52. The fraction of sp³-hybridized carbons (Fsp3) is 0.571. The lowest BCUT2D eigenvalue weighted by Gasteiger charge is -2.17. The lowest BCUT2D eigenvalue weighted by molar-refractivity contribution is -0.137. The molecule has 0 saturated heterocycles. The van der Waals surface area contributed by atoms with E-state index in [-0.39, 0.29) is 18.8 Å². The number of halogens is 3. The number of anilines is 1. The molecule has 0 aliphatic heterocycles. The average molecular weight is 307 g/mol. The number of nitrogens with one attached hydrogen (secondary N) is 1. The first kappa shape index (κ1) is 17.7. The van der Waals surface area contributed by atoms with Crippen molar-refractivity contribution in [1.29, 1.82) is 0 Å². The molecular weight excluding hydrogens is 287 g/mol. The van der Waals surface area contributed by atoms with Gasteiger partial charge in [0.05, 0.1) is 31.5 Å². The molecule has 2 N–H and O–H groups in total.